The molecule has 17 heavy (non-hydrogen) atoms. The molecular formula is C15H34AlO. The predicted molar refractivity (Wildman–Crippen MR) is 80.8 cm³/mol. The van der Waals surface area contributed by atoms with E-state index in [1.54, 1.807) is 0 Å². The van der Waals surface area contributed by atoms with Crippen LogP contribution in [0, 0.1) is 29.6 Å². The Morgan fingerprint density at radius 2 is 1.29 bits per heavy atom. The van der Waals surface area contributed by atoms with E-state index in [9.17, 15) is 0 Å². The van der Waals surface area contributed by atoms with Crippen LogP contribution in [0.5, 0.6) is 0 Å². The van der Waals surface area contributed by atoms with Crippen LogP contribution in [0.25, 0.3) is 0 Å². The van der Waals surface area contributed by atoms with Crippen molar-refractivity contribution in [1.82, 2.24) is 0 Å². The molecule has 2 N–H and O–H groups in total. The van der Waals surface area contributed by atoms with Crippen LogP contribution in [-0.2, 0) is 0 Å². The van der Waals surface area contributed by atoms with E-state index < -0.39 is 0 Å². The Kier molecular flexibility index (Phi) is 12.1. The van der Waals surface area contributed by atoms with Gasteiger partial charge in [0.05, 0.1) is 0 Å². The molecule has 0 aromatic heterocycles. The number of rotatable bonds is 5. The molecule has 2 unspecified atom stereocenters. The first-order valence-corrected chi connectivity index (χ1v) is 8.79. The van der Waals surface area contributed by atoms with E-state index >= 15 is 0 Å². The standard InChI is InChI=1S/C7H14.2C4H9.Al.H2O/c1-5(2)7-4-6(7)3;2*1-4(2)3;;/h5-7H,4H2,1-3H3;2*4H,1H2,2-3H3;;1H2. The van der Waals surface area contributed by atoms with Gasteiger partial charge in [-0.05, 0) is 24.2 Å². The summed E-state index contributed by atoms with van der Waals surface area (Å²) in [5.41, 5.74) is 0. The molecular weight excluding hydrogens is 223 g/mol. The van der Waals surface area contributed by atoms with Crippen LogP contribution in [0.1, 0.15) is 54.9 Å². The smallest absolute Gasteiger partial charge is 0.200 e. The molecule has 0 aliphatic heterocycles. The normalized spacial score (nSPS) is 22.0. The van der Waals surface area contributed by atoms with Crippen molar-refractivity contribution >= 4 is 15.2 Å². The van der Waals surface area contributed by atoms with Crippen molar-refractivity contribution < 1.29 is 5.48 Å². The van der Waals surface area contributed by atoms with E-state index in [4.69, 9.17) is 0 Å². The fourth-order valence-corrected chi connectivity index (χ4v) is 3.57. The molecule has 1 saturated carbocycles. The zero-order chi connectivity index (χ0) is 12.7. The maximum absolute atomic E-state index is 2.34. The molecule has 2 atom stereocenters. The van der Waals surface area contributed by atoms with Gasteiger partial charge in [-0.1, -0.05) is 60.3 Å². The summed E-state index contributed by atoms with van der Waals surface area (Å²) in [4.78, 5) is 0. The van der Waals surface area contributed by atoms with E-state index in [-0.39, 0.29) is 5.48 Å². The maximum atomic E-state index is 2.34. The minimum absolute atomic E-state index is 0. The number of hydrogen-bond donors (Lipinski definition) is 0. The molecule has 1 aliphatic rings. The summed E-state index contributed by atoms with van der Waals surface area (Å²) >= 11 is 0.755. The molecule has 0 spiro atoms. The summed E-state index contributed by atoms with van der Waals surface area (Å²) in [5.74, 6) is 4.91. The van der Waals surface area contributed by atoms with E-state index in [1.165, 1.54) is 17.0 Å². The van der Waals surface area contributed by atoms with Crippen molar-refractivity contribution in [2.75, 3.05) is 0 Å². The molecule has 1 aliphatic carbocycles. The monoisotopic (exact) mass is 257 g/mol. The Morgan fingerprint density at radius 1 is 0.941 bits per heavy atom. The summed E-state index contributed by atoms with van der Waals surface area (Å²) < 4.78 is 0. The fraction of sp³-hybridized carbons (Fsp3) is 1.00. The van der Waals surface area contributed by atoms with Crippen molar-refractivity contribution in [2.45, 2.75) is 65.5 Å². The van der Waals surface area contributed by atoms with Gasteiger partial charge in [-0.15, -0.1) is 10.6 Å². The van der Waals surface area contributed by atoms with Crippen LogP contribution < -0.4 is 0 Å². The van der Waals surface area contributed by atoms with Gasteiger partial charge in [0, 0.05) is 0 Å². The molecule has 2 heteroatoms. The third-order valence-electron chi connectivity index (χ3n) is 3.30. The van der Waals surface area contributed by atoms with Crippen molar-refractivity contribution in [1.29, 1.82) is 0 Å². The Hall–Kier alpha value is 0.492. The van der Waals surface area contributed by atoms with E-state index in [0.717, 1.165) is 44.8 Å². The summed E-state index contributed by atoms with van der Waals surface area (Å²) in [7, 11) is 0. The van der Waals surface area contributed by atoms with Gasteiger partial charge in [0.2, 0.25) is 15.2 Å². The lowest BCUT2D eigenvalue weighted by atomic mass is 10.1. The van der Waals surface area contributed by atoms with Gasteiger partial charge < -0.3 is 5.48 Å². The Labute approximate surface area is 116 Å². The average molecular weight is 257 g/mol. The largest absolute Gasteiger partial charge is 0.412 e. The Balaban J connectivity index is 0. The van der Waals surface area contributed by atoms with Gasteiger partial charge in [0.15, 0.2) is 0 Å². The Morgan fingerprint density at radius 3 is 1.41 bits per heavy atom. The van der Waals surface area contributed by atoms with E-state index in [2.05, 4.69) is 48.5 Å². The van der Waals surface area contributed by atoms with Gasteiger partial charge in [-0.25, -0.2) is 0 Å². The van der Waals surface area contributed by atoms with Crippen molar-refractivity contribution in [3.05, 3.63) is 0 Å². The maximum Gasteiger partial charge on any atom is 0.200 e. The summed E-state index contributed by atoms with van der Waals surface area (Å²) in [6.45, 7) is 16.2. The number of hydrogen-bond acceptors (Lipinski definition) is 0. The quantitative estimate of drug-likeness (QED) is 0.657. The first kappa shape index (κ1) is 19.8. The van der Waals surface area contributed by atoms with Gasteiger partial charge in [-0.2, -0.15) is 0 Å². The zero-order valence-corrected chi connectivity index (χ0v) is 14.2. The minimum atomic E-state index is 0. The summed E-state index contributed by atoms with van der Waals surface area (Å²) in [6, 6.07) is 0. The van der Waals surface area contributed by atoms with Crippen LogP contribution in [0.2, 0.25) is 10.6 Å². The molecule has 0 heterocycles. The van der Waals surface area contributed by atoms with Crippen LogP contribution in [0.15, 0.2) is 0 Å². The molecule has 1 nitrogen and oxygen atoms in total. The second-order valence-corrected chi connectivity index (χ2v) is 8.19. The molecule has 0 amide bonds. The lowest BCUT2D eigenvalue weighted by Gasteiger charge is -2.03. The first-order valence-electron chi connectivity index (χ1n) is 7.16. The molecule has 0 aromatic carbocycles. The highest BCUT2D eigenvalue weighted by Gasteiger charge is 2.34. The van der Waals surface area contributed by atoms with Gasteiger partial charge in [-0.3, -0.25) is 0 Å². The lowest BCUT2D eigenvalue weighted by molar-refractivity contribution is 0.530. The highest BCUT2D eigenvalue weighted by molar-refractivity contribution is 6.35. The lowest BCUT2D eigenvalue weighted by Crippen LogP contribution is -1.99. The summed E-state index contributed by atoms with van der Waals surface area (Å²) in [6.07, 6.45) is 1.48. The van der Waals surface area contributed by atoms with Crippen LogP contribution in [-0.4, -0.2) is 20.7 Å². The SMILES string of the molecule is CC(C)C1CC1C.CC(C)[CH2][Al][CH2]C(C)C.O. The summed E-state index contributed by atoms with van der Waals surface area (Å²) in [5, 5.41) is 2.97. The first-order chi connectivity index (χ1) is 7.34. The minimum Gasteiger partial charge on any atom is -0.412 e. The van der Waals surface area contributed by atoms with E-state index in [1.807, 2.05) is 0 Å². The molecule has 1 rings (SSSR count). The van der Waals surface area contributed by atoms with E-state index in [0.29, 0.717) is 0 Å². The van der Waals surface area contributed by atoms with Crippen LogP contribution in [0.3, 0.4) is 0 Å². The average Bonchev–Trinajstić information content (AvgIpc) is 2.82. The third-order valence-corrected chi connectivity index (χ3v) is 5.86. The highest BCUT2D eigenvalue weighted by atomic mass is 27.1. The molecule has 0 saturated heterocycles. The molecule has 1 radical (unpaired) electrons. The van der Waals surface area contributed by atoms with Crippen molar-refractivity contribution in [2.24, 2.45) is 29.6 Å². The van der Waals surface area contributed by atoms with Crippen molar-refractivity contribution in [3.8, 4) is 0 Å². The van der Waals surface area contributed by atoms with Crippen LogP contribution >= 0.6 is 0 Å². The van der Waals surface area contributed by atoms with Gasteiger partial charge in [0.25, 0.3) is 0 Å². The second-order valence-electron chi connectivity index (χ2n) is 6.67. The van der Waals surface area contributed by atoms with Crippen molar-refractivity contribution in [3.63, 3.8) is 0 Å². The topological polar surface area (TPSA) is 31.5 Å². The molecule has 1 fully saturated rings. The molecule has 103 valence electrons. The zero-order valence-electron chi connectivity index (χ0n) is 13.1. The highest BCUT2D eigenvalue weighted by Crippen LogP contribution is 2.43. The third kappa shape index (κ3) is 12.7. The molecule has 0 aromatic rings. The van der Waals surface area contributed by atoms with Gasteiger partial charge >= 0.3 is 0 Å². The predicted octanol–water partition coefficient (Wildman–Crippen LogP) is 4.31. The van der Waals surface area contributed by atoms with Crippen LogP contribution in [0.4, 0.5) is 0 Å². The molecule has 0 bridgehead atoms. The fourth-order valence-electron chi connectivity index (χ4n) is 2.04. The Bertz CT molecular complexity index is 158. The van der Waals surface area contributed by atoms with Gasteiger partial charge in [0.1, 0.15) is 0 Å². The second kappa shape index (κ2) is 10.4.